The first kappa shape index (κ1) is 21.0. The van der Waals surface area contributed by atoms with Crippen molar-refractivity contribution >= 4 is 16.9 Å². The van der Waals surface area contributed by atoms with E-state index in [0.717, 1.165) is 50.8 Å². The third-order valence-electron chi connectivity index (χ3n) is 6.61. The van der Waals surface area contributed by atoms with Gasteiger partial charge in [-0.15, -0.1) is 0 Å². The van der Waals surface area contributed by atoms with E-state index in [1.807, 2.05) is 9.58 Å². The summed E-state index contributed by atoms with van der Waals surface area (Å²) in [6.07, 6.45) is 5.34. The Morgan fingerprint density at radius 1 is 1.03 bits per heavy atom. The molecule has 0 spiro atoms. The van der Waals surface area contributed by atoms with E-state index < -0.39 is 11.7 Å². The van der Waals surface area contributed by atoms with E-state index in [9.17, 15) is 18.0 Å². The second-order valence-corrected chi connectivity index (χ2v) is 8.76. The minimum Gasteiger partial charge on any atom is -0.356 e. The summed E-state index contributed by atoms with van der Waals surface area (Å²) >= 11 is 0. The molecule has 0 radical (unpaired) electrons. The van der Waals surface area contributed by atoms with E-state index in [2.05, 4.69) is 15.1 Å². The Kier molecular flexibility index (Phi) is 5.38. The number of anilines is 1. The number of aromatic nitrogens is 5. The Morgan fingerprint density at radius 2 is 1.84 bits per heavy atom. The summed E-state index contributed by atoms with van der Waals surface area (Å²) in [4.78, 5) is 26.5. The maximum Gasteiger partial charge on any atom is 0.417 e. The molecular formula is C22H25F3N6O. The lowest BCUT2D eigenvalue weighted by Gasteiger charge is -2.33. The smallest absolute Gasteiger partial charge is 0.356 e. The van der Waals surface area contributed by atoms with E-state index in [1.54, 1.807) is 6.20 Å². The van der Waals surface area contributed by atoms with Gasteiger partial charge >= 0.3 is 6.18 Å². The monoisotopic (exact) mass is 446 g/mol. The van der Waals surface area contributed by atoms with Crippen LogP contribution in [0.4, 0.5) is 19.0 Å². The van der Waals surface area contributed by atoms with Crippen molar-refractivity contribution < 1.29 is 13.2 Å². The number of pyridine rings is 1. The third-order valence-corrected chi connectivity index (χ3v) is 6.61. The van der Waals surface area contributed by atoms with Gasteiger partial charge in [0.05, 0.1) is 17.8 Å². The maximum absolute atomic E-state index is 12.8. The quantitative estimate of drug-likeness (QED) is 0.644. The fraction of sp³-hybridized carbons (Fsp3) is 0.545. The Morgan fingerprint density at radius 3 is 2.56 bits per heavy atom. The Hall–Kier alpha value is -2.91. The number of nitrogens with one attached hydrogen (secondary N) is 1. The third kappa shape index (κ3) is 3.98. The normalized spacial score (nSPS) is 20.7. The Labute approximate surface area is 182 Å². The highest BCUT2D eigenvalue weighted by molar-refractivity contribution is 5.73. The molecule has 170 valence electrons. The van der Waals surface area contributed by atoms with Crippen molar-refractivity contribution in [1.29, 1.82) is 0 Å². The largest absolute Gasteiger partial charge is 0.417 e. The highest BCUT2D eigenvalue weighted by atomic mass is 19.4. The molecule has 3 aromatic rings. The molecule has 7 nitrogen and oxygen atoms in total. The highest BCUT2D eigenvalue weighted by Crippen LogP contribution is 2.32. The molecule has 5 rings (SSSR count). The summed E-state index contributed by atoms with van der Waals surface area (Å²) in [5.41, 5.74) is -0.334. The van der Waals surface area contributed by atoms with Crippen LogP contribution < -0.4 is 10.5 Å². The molecule has 10 heteroatoms. The van der Waals surface area contributed by atoms with Gasteiger partial charge in [-0.2, -0.15) is 18.3 Å². The van der Waals surface area contributed by atoms with Crippen molar-refractivity contribution in [2.45, 2.75) is 63.1 Å². The van der Waals surface area contributed by atoms with Crippen LogP contribution in [0.15, 0.2) is 29.3 Å². The molecule has 3 aromatic heterocycles. The van der Waals surface area contributed by atoms with Crippen LogP contribution in [-0.4, -0.2) is 37.8 Å². The first-order chi connectivity index (χ1) is 15.4. The van der Waals surface area contributed by atoms with Gasteiger partial charge in [-0.3, -0.25) is 4.79 Å². The molecule has 2 aliphatic rings. The minimum atomic E-state index is -4.41. The average Bonchev–Trinajstić information content (AvgIpc) is 3.24. The van der Waals surface area contributed by atoms with Crippen molar-refractivity contribution in [3.8, 4) is 0 Å². The van der Waals surface area contributed by atoms with Gasteiger partial charge in [0.1, 0.15) is 17.0 Å². The van der Waals surface area contributed by atoms with Gasteiger partial charge in [0.15, 0.2) is 5.65 Å². The van der Waals surface area contributed by atoms with Crippen molar-refractivity contribution in [1.82, 2.24) is 24.7 Å². The lowest BCUT2D eigenvalue weighted by molar-refractivity contribution is -0.137. The number of alkyl halides is 3. The fourth-order valence-corrected chi connectivity index (χ4v) is 4.89. The van der Waals surface area contributed by atoms with Crippen molar-refractivity contribution in [3.05, 3.63) is 46.3 Å². The SMILES string of the molecule is O=c1[nH]c(C2CCCN(c3ccc(C(F)(F)F)cn3)C2)nc2c1cnn2C1CCCCC1. The molecule has 4 heterocycles. The van der Waals surface area contributed by atoms with Gasteiger partial charge in [0, 0.05) is 25.2 Å². The van der Waals surface area contributed by atoms with Crippen LogP contribution in [0.25, 0.3) is 11.0 Å². The van der Waals surface area contributed by atoms with Crippen molar-refractivity contribution in [2.24, 2.45) is 0 Å². The summed E-state index contributed by atoms with van der Waals surface area (Å²) in [7, 11) is 0. The van der Waals surface area contributed by atoms with Crippen LogP contribution in [-0.2, 0) is 6.18 Å². The Bertz CT molecular complexity index is 1150. The summed E-state index contributed by atoms with van der Waals surface area (Å²) in [5.74, 6) is 1.06. The summed E-state index contributed by atoms with van der Waals surface area (Å²) in [6.45, 7) is 1.23. The second kappa shape index (κ2) is 8.22. The van der Waals surface area contributed by atoms with Crippen LogP contribution >= 0.6 is 0 Å². The zero-order valence-corrected chi connectivity index (χ0v) is 17.6. The fourth-order valence-electron chi connectivity index (χ4n) is 4.89. The molecule has 1 saturated heterocycles. The van der Waals surface area contributed by atoms with Crippen LogP contribution in [0.5, 0.6) is 0 Å². The summed E-state index contributed by atoms with van der Waals surface area (Å²) in [6, 6.07) is 2.73. The molecule has 2 fully saturated rings. The number of fused-ring (bicyclic) bond motifs is 1. The lowest BCUT2D eigenvalue weighted by Crippen LogP contribution is -2.36. The molecule has 0 bridgehead atoms. The van der Waals surface area contributed by atoms with Crippen molar-refractivity contribution in [2.75, 3.05) is 18.0 Å². The first-order valence-electron chi connectivity index (χ1n) is 11.2. The van der Waals surface area contributed by atoms with Crippen LogP contribution in [0.2, 0.25) is 0 Å². The first-order valence-corrected chi connectivity index (χ1v) is 11.2. The number of nitrogens with zero attached hydrogens (tertiary/aromatic N) is 5. The molecule has 1 aliphatic carbocycles. The van der Waals surface area contributed by atoms with Gasteiger partial charge < -0.3 is 9.88 Å². The number of hydrogen-bond acceptors (Lipinski definition) is 5. The molecular weight excluding hydrogens is 421 g/mol. The van der Waals surface area contributed by atoms with E-state index in [0.29, 0.717) is 35.8 Å². The molecule has 1 atom stereocenters. The van der Waals surface area contributed by atoms with Gasteiger partial charge in [-0.25, -0.2) is 14.6 Å². The van der Waals surface area contributed by atoms with Crippen LogP contribution in [0.1, 0.15) is 68.3 Å². The van der Waals surface area contributed by atoms with E-state index >= 15 is 0 Å². The predicted molar refractivity (Wildman–Crippen MR) is 114 cm³/mol. The minimum absolute atomic E-state index is 0.0420. The number of rotatable bonds is 3. The van der Waals surface area contributed by atoms with E-state index in [4.69, 9.17) is 4.98 Å². The standard InChI is InChI=1S/C22H25F3N6O/c23-22(24,25)15-8-9-18(26-11-15)30-10-4-5-14(13-30)19-28-20-17(21(32)29-19)12-27-31(20)16-6-2-1-3-7-16/h8-9,11-12,14,16H,1-7,10,13H2,(H,28,29,32). The zero-order chi connectivity index (χ0) is 22.3. The second-order valence-electron chi connectivity index (χ2n) is 8.76. The summed E-state index contributed by atoms with van der Waals surface area (Å²) < 4.78 is 40.5. The average molecular weight is 446 g/mol. The van der Waals surface area contributed by atoms with E-state index in [1.165, 1.54) is 12.5 Å². The number of hydrogen-bond donors (Lipinski definition) is 1. The number of piperidine rings is 1. The van der Waals surface area contributed by atoms with Crippen LogP contribution in [0.3, 0.4) is 0 Å². The maximum atomic E-state index is 12.8. The van der Waals surface area contributed by atoms with E-state index in [-0.39, 0.29) is 17.5 Å². The molecule has 0 aromatic carbocycles. The van der Waals surface area contributed by atoms with Gasteiger partial charge in [0.25, 0.3) is 5.56 Å². The Balaban J connectivity index is 1.41. The van der Waals surface area contributed by atoms with Gasteiger partial charge in [-0.1, -0.05) is 19.3 Å². The number of halogens is 3. The molecule has 1 N–H and O–H groups in total. The molecule has 1 aliphatic heterocycles. The molecule has 1 unspecified atom stereocenters. The van der Waals surface area contributed by atoms with Crippen molar-refractivity contribution in [3.63, 3.8) is 0 Å². The van der Waals surface area contributed by atoms with Gasteiger partial charge in [0.2, 0.25) is 0 Å². The van der Waals surface area contributed by atoms with Gasteiger partial charge in [-0.05, 0) is 37.8 Å². The molecule has 1 saturated carbocycles. The molecule has 32 heavy (non-hydrogen) atoms. The summed E-state index contributed by atoms with van der Waals surface area (Å²) in [5, 5.41) is 4.98. The zero-order valence-electron chi connectivity index (χ0n) is 17.6. The topological polar surface area (TPSA) is 79.7 Å². The number of aromatic amines is 1. The molecule has 0 amide bonds. The van der Waals surface area contributed by atoms with Crippen LogP contribution in [0, 0.1) is 0 Å². The number of H-pyrrole nitrogens is 1. The highest BCUT2D eigenvalue weighted by Gasteiger charge is 2.31. The lowest BCUT2D eigenvalue weighted by atomic mass is 9.95. The predicted octanol–water partition coefficient (Wildman–Crippen LogP) is 4.42.